The van der Waals surface area contributed by atoms with Crippen LogP contribution in [0.25, 0.3) is 5.69 Å². The number of aromatic amines is 1. The first-order chi connectivity index (χ1) is 8.54. The predicted molar refractivity (Wildman–Crippen MR) is 66.2 cm³/mol. The Morgan fingerprint density at radius 3 is 2.67 bits per heavy atom. The summed E-state index contributed by atoms with van der Waals surface area (Å²) >= 11 is 0. The summed E-state index contributed by atoms with van der Waals surface area (Å²) in [6.45, 7) is 3.54. The minimum Gasteiger partial charge on any atom is -0.494 e. The molecule has 0 aromatic carbocycles. The van der Waals surface area contributed by atoms with E-state index in [1.54, 1.807) is 19.1 Å². The van der Waals surface area contributed by atoms with Gasteiger partial charge in [0.1, 0.15) is 0 Å². The zero-order valence-electron chi connectivity index (χ0n) is 10.1. The summed E-state index contributed by atoms with van der Waals surface area (Å²) in [5.74, 6) is -0.336. The molecule has 2 N–H and O–H groups in total. The molecule has 2 heterocycles. The van der Waals surface area contributed by atoms with Gasteiger partial charge in [0.2, 0.25) is 5.88 Å². The van der Waals surface area contributed by atoms with Crippen molar-refractivity contribution in [2.75, 3.05) is 0 Å². The van der Waals surface area contributed by atoms with Crippen LogP contribution in [-0.4, -0.2) is 19.6 Å². The number of hydrogen-bond acceptors (Lipinski definition) is 4. The zero-order chi connectivity index (χ0) is 13.3. The summed E-state index contributed by atoms with van der Waals surface area (Å²) in [6.07, 6.45) is 1.80. The lowest BCUT2D eigenvalue weighted by molar-refractivity contribution is 0.423. The lowest BCUT2D eigenvalue weighted by atomic mass is 10.2. The third-order valence-electron chi connectivity index (χ3n) is 2.69. The van der Waals surface area contributed by atoms with Gasteiger partial charge in [-0.05, 0) is 25.5 Å². The lowest BCUT2D eigenvalue weighted by Crippen LogP contribution is -2.31. The summed E-state index contributed by atoms with van der Waals surface area (Å²) in [6, 6.07) is 3.37. The molecule has 6 nitrogen and oxygen atoms in total. The van der Waals surface area contributed by atoms with Gasteiger partial charge in [-0.2, -0.15) is 0 Å². The highest BCUT2D eigenvalue weighted by Crippen LogP contribution is 2.15. The fourth-order valence-electron chi connectivity index (χ4n) is 1.71. The van der Waals surface area contributed by atoms with Gasteiger partial charge >= 0.3 is 5.69 Å². The van der Waals surface area contributed by atoms with Crippen molar-refractivity contribution in [3.8, 4) is 11.6 Å². The topological polar surface area (TPSA) is 88.0 Å². The first-order valence-electron chi connectivity index (χ1n) is 5.54. The van der Waals surface area contributed by atoms with Crippen LogP contribution in [-0.2, 0) is 6.42 Å². The molecule has 0 unspecified atom stereocenters. The minimum atomic E-state index is -0.680. The number of nitrogens with zero attached hydrogens (tertiary/aromatic N) is 2. The molecule has 0 atom stereocenters. The number of pyridine rings is 1. The van der Waals surface area contributed by atoms with Gasteiger partial charge < -0.3 is 5.11 Å². The molecule has 18 heavy (non-hydrogen) atoms. The molecule has 0 radical (unpaired) electrons. The van der Waals surface area contributed by atoms with Gasteiger partial charge in [0.05, 0.1) is 17.4 Å². The quantitative estimate of drug-likeness (QED) is 0.808. The van der Waals surface area contributed by atoms with Crippen LogP contribution in [0.5, 0.6) is 5.88 Å². The highest BCUT2D eigenvalue weighted by atomic mass is 16.3. The third-order valence-corrected chi connectivity index (χ3v) is 2.69. The van der Waals surface area contributed by atoms with E-state index < -0.39 is 11.2 Å². The number of aryl methyl sites for hydroxylation is 1. The number of nitrogens with one attached hydrogen (secondary N) is 1. The van der Waals surface area contributed by atoms with E-state index in [4.69, 9.17) is 0 Å². The molecule has 94 valence electrons. The average molecular weight is 247 g/mol. The molecule has 0 fully saturated rings. The molecule has 0 saturated carbocycles. The summed E-state index contributed by atoms with van der Waals surface area (Å²) in [5.41, 5.74) is 0.146. The van der Waals surface area contributed by atoms with Crippen molar-refractivity contribution in [1.29, 1.82) is 0 Å². The Bertz CT molecular complexity index is 683. The van der Waals surface area contributed by atoms with Gasteiger partial charge in [-0.1, -0.05) is 6.92 Å². The number of aromatic hydroxyl groups is 1. The van der Waals surface area contributed by atoms with Crippen molar-refractivity contribution < 1.29 is 5.11 Å². The number of hydrogen-bond donors (Lipinski definition) is 2. The van der Waals surface area contributed by atoms with Crippen LogP contribution in [0.4, 0.5) is 0 Å². The molecule has 0 spiro atoms. The molecule has 0 saturated heterocycles. The monoisotopic (exact) mass is 247 g/mol. The van der Waals surface area contributed by atoms with Gasteiger partial charge in [0.25, 0.3) is 5.56 Å². The number of H-pyrrole nitrogens is 1. The van der Waals surface area contributed by atoms with Crippen LogP contribution in [0.2, 0.25) is 0 Å². The Kier molecular flexibility index (Phi) is 3.01. The van der Waals surface area contributed by atoms with Crippen LogP contribution in [0, 0.1) is 6.92 Å². The van der Waals surface area contributed by atoms with Gasteiger partial charge in [-0.15, -0.1) is 0 Å². The van der Waals surface area contributed by atoms with Gasteiger partial charge in [-0.25, -0.2) is 9.36 Å². The maximum atomic E-state index is 11.7. The highest BCUT2D eigenvalue weighted by Gasteiger charge is 2.13. The Balaban J connectivity index is 2.75. The Morgan fingerprint density at radius 1 is 1.39 bits per heavy atom. The third kappa shape index (κ3) is 1.92. The van der Waals surface area contributed by atoms with Crippen molar-refractivity contribution in [2.24, 2.45) is 0 Å². The molecule has 0 aliphatic rings. The molecule has 0 amide bonds. The van der Waals surface area contributed by atoms with Crippen LogP contribution >= 0.6 is 0 Å². The van der Waals surface area contributed by atoms with E-state index >= 15 is 0 Å². The molecule has 2 aromatic heterocycles. The maximum absolute atomic E-state index is 11.7. The van der Waals surface area contributed by atoms with E-state index in [-0.39, 0.29) is 11.4 Å². The van der Waals surface area contributed by atoms with Gasteiger partial charge in [0, 0.05) is 5.69 Å². The number of rotatable bonds is 2. The Hall–Kier alpha value is -2.37. The second-order valence-electron chi connectivity index (χ2n) is 3.91. The Morgan fingerprint density at radius 2 is 2.11 bits per heavy atom. The SMILES string of the molecule is CCc1c(O)n(-c2ccc(C)nc2)c(=O)[nH]c1=O. The van der Waals surface area contributed by atoms with Crippen molar-refractivity contribution in [3.63, 3.8) is 0 Å². The van der Waals surface area contributed by atoms with E-state index in [2.05, 4.69) is 9.97 Å². The second kappa shape index (κ2) is 4.48. The summed E-state index contributed by atoms with van der Waals surface area (Å²) < 4.78 is 1.03. The van der Waals surface area contributed by atoms with Crippen LogP contribution < -0.4 is 11.2 Å². The first-order valence-corrected chi connectivity index (χ1v) is 5.54. The summed E-state index contributed by atoms with van der Waals surface area (Å²) in [4.78, 5) is 29.4. The van der Waals surface area contributed by atoms with E-state index in [1.807, 2.05) is 6.92 Å². The maximum Gasteiger partial charge on any atom is 0.335 e. The fraction of sp³-hybridized carbons (Fsp3) is 0.250. The molecule has 0 aliphatic carbocycles. The molecular formula is C12H13N3O3. The van der Waals surface area contributed by atoms with E-state index in [0.29, 0.717) is 12.1 Å². The van der Waals surface area contributed by atoms with Crippen LogP contribution in [0.3, 0.4) is 0 Å². The Labute approximate surface area is 103 Å². The minimum absolute atomic E-state index is 0.176. The summed E-state index contributed by atoms with van der Waals surface area (Å²) in [7, 11) is 0. The molecule has 2 aromatic rings. The van der Waals surface area contributed by atoms with Crippen molar-refractivity contribution >= 4 is 0 Å². The highest BCUT2D eigenvalue weighted by molar-refractivity contribution is 5.36. The zero-order valence-corrected chi connectivity index (χ0v) is 10.1. The lowest BCUT2D eigenvalue weighted by Gasteiger charge is -2.10. The predicted octanol–water partition coefficient (Wildman–Crippen LogP) is 0.497. The van der Waals surface area contributed by atoms with Crippen LogP contribution in [0.15, 0.2) is 27.9 Å². The molecule has 0 bridgehead atoms. The largest absolute Gasteiger partial charge is 0.494 e. The first kappa shape index (κ1) is 12.1. The number of aromatic nitrogens is 3. The van der Waals surface area contributed by atoms with E-state index in [1.165, 1.54) is 6.20 Å². The molecule has 2 rings (SSSR count). The van der Waals surface area contributed by atoms with Gasteiger partial charge in [-0.3, -0.25) is 14.8 Å². The van der Waals surface area contributed by atoms with Crippen molar-refractivity contribution in [1.82, 2.24) is 14.5 Å². The average Bonchev–Trinajstić information content (AvgIpc) is 2.31. The normalized spacial score (nSPS) is 10.6. The second-order valence-corrected chi connectivity index (χ2v) is 3.91. The molecule has 0 aliphatic heterocycles. The molecule has 6 heteroatoms. The van der Waals surface area contributed by atoms with Crippen molar-refractivity contribution in [3.05, 3.63) is 50.4 Å². The smallest absolute Gasteiger partial charge is 0.335 e. The summed E-state index contributed by atoms with van der Waals surface area (Å²) in [5, 5.41) is 9.99. The van der Waals surface area contributed by atoms with Crippen LogP contribution in [0.1, 0.15) is 18.2 Å². The molecular weight excluding hydrogens is 234 g/mol. The van der Waals surface area contributed by atoms with Gasteiger partial charge in [0.15, 0.2) is 0 Å². The van der Waals surface area contributed by atoms with E-state index in [9.17, 15) is 14.7 Å². The van der Waals surface area contributed by atoms with E-state index in [0.717, 1.165) is 10.3 Å². The van der Waals surface area contributed by atoms with Crippen molar-refractivity contribution in [2.45, 2.75) is 20.3 Å². The fourth-order valence-corrected chi connectivity index (χ4v) is 1.71. The standard InChI is InChI=1S/C12H13N3O3/c1-3-9-10(16)14-12(18)15(11(9)17)8-5-4-7(2)13-6-8/h4-6,17H,3H2,1-2H3,(H,14,16,18).